The highest BCUT2D eigenvalue weighted by Gasteiger charge is 2.36. The van der Waals surface area contributed by atoms with Gasteiger partial charge in [0.2, 0.25) is 0 Å². The third kappa shape index (κ3) is 4.14. The predicted molar refractivity (Wildman–Crippen MR) is 85.6 cm³/mol. The number of carbonyl (C=O) groups excluding carboxylic acids is 1. The molecule has 21 heavy (non-hydrogen) atoms. The van der Waals surface area contributed by atoms with E-state index < -0.39 is 0 Å². The molecule has 3 nitrogen and oxygen atoms in total. The lowest BCUT2D eigenvalue weighted by molar-refractivity contribution is 0.0591. The Balaban J connectivity index is 2.15. The van der Waals surface area contributed by atoms with Crippen molar-refractivity contribution in [2.24, 2.45) is 5.92 Å². The number of carbonyl (C=O) groups is 1. The van der Waals surface area contributed by atoms with Crippen molar-refractivity contribution in [2.75, 3.05) is 20.3 Å². The quantitative estimate of drug-likeness (QED) is 0.653. The van der Waals surface area contributed by atoms with Crippen molar-refractivity contribution in [1.82, 2.24) is 4.90 Å². The summed E-state index contributed by atoms with van der Waals surface area (Å²) >= 11 is 0. The molecule has 2 unspecified atom stereocenters. The molecule has 1 aliphatic rings. The second kappa shape index (κ2) is 7.71. The Morgan fingerprint density at radius 3 is 2.52 bits per heavy atom. The molecule has 1 fully saturated rings. The lowest BCUT2D eigenvalue weighted by Crippen LogP contribution is -2.48. The third-order valence-corrected chi connectivity index (χ3v) is 4.53. The van der Waals surface area contributed by atoms with Crippen LogP contribution in [0.3, 0.4) is 0 Å². The van der Waals surface area contributed by atoms with Crippen LogP contribution in [0.25, 0.3) is 0 Å². The maximum Gasteiger partial charge on any atom is 0.179 e. The first kappa shape index (κ1) is 16.2. The highest BCUT2D eigenvalue weighted by Crippen LogP contribution is 2.36. The molecule has 0 aliphatic heterocycles. The number of hydrogen-bond donors (Lipinski definition) is 0. The van der Waals surface area contributed by atoms with Gasteiger partial charge in [-0.3, -0.25) is 9.69 Å². The van der Waals surface area contributed by atoms with Crippen molar-refractivity contribution in [3.05, 3.63) is 35.9 Å². The van der Waals surface area contributed by atoms with Crippen molar-refractivity contribution in [1.29, 1.82) is 0 Å². The summed E-state index contributed by atoms with van der Waals surface area (Å²) in [5, 5.41) is 0. The van der Waals surface area contributed by atoms with E-state index in [0.717, 1.165) is 24.4 Å². The van der Waals surface area contributed by atoms with Crippen molar-refractivity contribution in [3.63, 3.8) is 0 Å². The van der Waals surface area contributed by atoms with Gasteiger partial charge in [-0.05, 0) is 32.1 Å². The van der Waals surface area contributed by atoms with Gasteiger partial charge in [-0.25, -0.2) is 0 Å². The molecule has 0 N–H and O–H groups in total. The van der Waals surface area contributed by atoms with E-state index in [1.165, 1.54) is 12.8 Å². The summed E-state index contributed by atoms with van der Waals surface area (Å²) in [7, 11) is 1.72. The molecule has 1 aromatic rings. The van der Waals surface area contributed by atoms with Crippen LogP contribution in [0.2, 0.25) is 0 Å². The van der Waals surface area contributed by atoms with Crippen LogP contribution < -0.4 is 0 Å². The molecule has 3 heteroatoms. The monoisotopic (exact) mass is 289 g/mol. The van der Waals surface area contributed by atoms with Gasteiger partial charge < -0.3 is 4.74 Å². The number of nitrogens with zero attached hydrogens (tertiary/aromatic N) is 1. The molecule has 0 bridgehead atoms. The Morgan fingerprint density at radius 1 is 1.33 bits per heavy atom. The molecule has 1 saturated carbocycles. The normalized spacial score (nSPS) is 17.7. The van der Waals surface area contributed by atoms with E-state index in [1.54, 1.807) is 7.11 Å². The molecule has 2 atom stereocenters. The summed E-state index contributed by atoms with van der Waals surface area (Å²) in [5.74, 6) is 0.987. The lowest BCUT2D eigenvalue weighted by atomic mass is 9.98. The van der Waals surface area contributed by atoms with Crippen molar-refractivity contribution >= 4 is 5.78 Å². The molecular weight excluding hydrogens is 262 g/mol. The van der Waals surface area contributed by atoms with Crippen LogP contribution in [-0.2, 0) is 4.74 Å². The topological polar surface area (TPSA) is 29.5 Å². The smallest absolute Gasteiger partial charge is 0.179 e. The number of methoxy groups -OCH3 is 1. The van der Waals surface area contributed by atoms with Crippen LogP contribution in [0.5, 0.6) is 0 Å². The standard InChI is InChI=1S/C18H27NO2/c1-4-17(18(20)16-8-6-5-7-9-16)19(12-13-21-3)14(2)15-10-11-15/h5-9,14-15,17H,4,10-13H2,1-3H3. The fraction of sp³-hybridized carbons (Fsp3) is 0.611. The molecule has 0 spiro atoms. The molecule has 0 radical (unpaired) electrons. The molecular formula is C18H27NO2. The maximum absolute atomic E-state index is 12.8. The number of Topliss-reactive ketones (excluding diaryl/α,β-unsaturated/α-hetero) is 1. The minimum atomic E-state index is -0.0434. The van der Waals surface area contributed by atoms with E-state index in [2.05, 4.69) is 18.7 Å². The predicted octanol–water partition coefficient (Wildman–Crippen LogP) is 3.39. The van der Waals surface area contributed by atoms with E-state index in [0.29, 0.717) is 12.6 Å². The van der Waals surface area contributed by atoms with Crippen LogP contribution in [0.4, 0.5) is 0 Å². The first-order valence-corrected chi connectivity index (χ1v) is 8.03. The molecule has 2 rings (SSSR count). The van der Waals surface area contributed by atoms with Gasteiger partial charge in [-0.2, -0.15) is 0 Å². The first-order valence-electron chi connectivity index (χ1n) is 8.03. The summed E-state index contributed by atoms with van der Waals surface area (Å²) in [6.45, 7) is 5.86. The summed E-state index contributed by atoms with van der Waals surface area (Å²) in [5.41, 5.74) is 0.815. The van der Waals surface area contributed by atoms with E-state index in [4.69, 9.17) is 4.74 Å². The van der Waals surface area contributed by atoms with Gasteiger partial charge >= 0.3 is 0 Å². The molecule has 0 aromatic heterocycles. The molecule has 1 aromatic carbocycles. The van der Waals surface area contributed by atoms with Gasteiger partial charge in [0.15, 0.2) is 5.78 Å². The van der Waals surface area contributed by atoms with E-state index >= 15 is 0 Å². The number of rotatable bonds is 9. The molecule has 0 amide bonds. The molecule has 116 valence electrons. The van der Waals surface area contributed by atoms with Crippen LogP contribution in [0, 0.1) is 5.92 Å². The highest BCUT2D eigenvalue weighted by atomic mass is 16.5. The average molecular weight is 289 g/mol. The fourth-order valence-electron chi connectivity index (χ4n) is 3.05. The van der Waals surface area contributed by atoms with Gasteiger partial charge in [-0.15, -0.1) is 0 Å². The van der Waals surface area contributed by atoms with Crippen molar-refractivity contribution in [3.8, 4) is 0 Å². The Bertz CT molecular complexity index is 442. The highest BCUT2D eigenvalue weighted by molar-refractivity contribution is 6.00. The Morgan fingerprint density at radius 2 is 2.00 bits per heavy atom. The number of ether oxygens (including phenoxy) is 1. The molecule has 0 heterocycles. The van der Waals surface area contributed by atoms with Crippen molar-refractivity contribution < 1.29 is 9.53 Å². The second-order valence-corrected chi connectivity index (χ2v) is 5.96. The van der Waals surface area contributed by atoms with Gasteiger partial charge in [-0.1, -0.05) is 37.3 Å². The summed E-state index contributed by atoms with van der Waals surface area (Å²) in [6.07, 6.45) is 3.43. The maximum atomic E-state index is 12.8. The minimum absolute atomic E-state index is 0.0434. The van der Waals surface area contributed by atoms with Crippen LogP contribution in [-0.4, -0.2) is 43.0 Å². The zero-order valence-corrected chi connectivity index (χ0v) is 13.4. The zero-order valence-electron chi connectivity index (χ0n) is 13.4. The zero-order chi connectivity index (χ0) is 15.2. The van der Waals surface area contributed by atoms with E-state index in [-0.39, 0.29) is 11.8 Å². The largest absolute Gasteiger partial charge is 0.383 e. The Kier molecular flexibility index (Phi) is 5.95. The van der Waals surface area contributed by atoms with Crippen molar-refractivity contribution in [2.45, 2.75) is 45.2 Å². The fourth-order valence-corrected chi connectivity index (χ4v) is 3.05. The minimum Gasteiger partial charge on any atom is -0.383 e. The first-order chi connectivity index (χ1) is 10.2. The summed E-state index contributed by atoms with van der Waals surface area (Å²) in [6, 6.07) is 10.1. The molecule has 0 saturated heterocycles. The Hall–Kier alpha value is -1.19. The summed E-state index contributed by atoms with van der Waals surface area (Å²) in [4.78, 5) is 15.2. The number of ketones is 1. The van der Waals surface area contributed by atoms with Crippen LogP contribution in [0.1, 0.15) is 43.5 Å². The third-order valence-electron chi connectivity index (χ3n) is 4.53. The van der Waals surface area contributed by atoms with Gasteiger partial charge in [0, 0.05) is 25.3 Å². The van der Waals surface area contributed by atoms with Gasteiger partial charge in [0.1, 0.15) is 0 Å². The van der Waals surface area contributed by atoms with Gasteiger partial charge in [0.25, 0.3) is 0 Å². The molecule has 1 aliphatic carbocycles. The SMILES string of the molecule is CCC(C(=O)c1ccccc1)N(CCOC)C(C)C1CC1. The Labute approximate surface area is 128 Å². The van der Waals surface area contributed by atoms with Gasteiger partial charge in [0.05, 0.1) is 12.6 Å². The average Bonchev–Trinajstić information content (AvgIpc) is 3.36. The number of benzene rings is 1. The van der Waals surface area contributed by atoms with E-state index in [1.807, 2.05) is 30.3 Å². The van der Waals surface area contributed by atoms with Crippen LogP contribution >= 0.6 is 0 Å². The summed E-state index contributed by atoms with van der Waals surface area (Å²) < 4.78 is 5.25. The van der Waals surface area contributed by atoms with Crippen LogP contribution in [0.15, 0.2) is 30.3 Å². The lowest BCUT2D eigenvalue weighted by Gasteiger charge is -2.35. The second-order valence-electron chi connectivity index (χ2n) is 5.96. The van der Waals surface area contributed by atoms with E-state index in [9.17, 15) is 4.79 Å². The number of hydrogen-bond acceptors (Lipinski definition) is 3.